The van der Waals surface area contributed by atoms with Crippen LogP contribution < -0.4 is 5.32 Å². The van der Waals surface area contributed by atoms with E-state index in [1.54, 1.807) is 0 Å². The average molecular weight is 277 g/mol. The second-order valence-electron chi connectivity index (χ2n) is 6.23. The number of rotatable bonds is 6. The van der Waals surface area contributed by atoms with E-state index in [9.17, 15) is 9.59 Å². The van der Waals surface area contributed by atoms with Crippen LogP contribution in [0.3, 0.4) is 0 Å². The van der Waals surface area contributed by atoms with Crippen molar-refractivity contribution in [3.63, 3.8) is 0 Å². The molecule has 0 heterocycles. The van der Waals surface area contributed by atoms with E-state index in [0.717, 1.165) is 0 Å². The molecule has 4 nitrogen and oxygen atoms in total. The molecule has 1 aromatic carbocycles. The van der Waals surface area contributed by atoms with Crippen molar-refractivity contribution in [3.8, 4) is 0 Å². The predicted molar refractivity (Wildman–Crippen MR) is 78.6 cm³/mol. The minimum atomic E-state index is -1.23. The van der Waals surface area contributed by atoms with E-state index in [-0.39, 0.29) is 11.3 Å². The van der Waals surface area contributed by atoms with Crippen molar-refractivity contribution >= 4 is 11.9 Å². The van der Waals surface area contributed by atoms with E-state index in [1.807, 2.05) is 30.3 Å². The third-order valence-corrected chi connectivity index (χ3v) is 3.52. The first-order valence-corrected chi connectivity index (χ1v) is 6.75. The van der Waals surface area contributed by atoms with Crippen LogP contribution in [0.5, 0.6) is 0 Å². The van der Waals surface area contributed by atoms with Gasteiger partial charge >= 0.3 is 5.97 Å². The Morgan fingerprint density at radius 2 is 1.65 bits per heavy atom. The number of nitrogens with one attached hydrogen (secondary N) is 1. The summed E-state index contributed by atoms with van der Waals surface area (Å²) in [6, 6.07) is 10.00. The van der Waals surface area contributed by atoms with E-state index < -0.39 is 11.5 Å². The summed E-state index contributed by atoms with van der Waals surface area (Å²) >= 11 is 0. The van der Waals surface area contributed by atoms with Gasteiger partial charge in [0, 0.05) is 6.42 Å². The third kappa shape index (κ3) is 4.37. The largest absolute Gasteiger partial charge is 0.480 e. The fourth-order valence-electron chi connectivity index (χ4n) is 1.92. The molecule has 0 fully saturated rings. The molecule has 0 aliphatic rings. The Morgan fingerprint density at radius 1 is 1.10 bits per heavy atom. The summed E-state index contributed by atoms with van der Waals surface area (Å²) in [6.07, 6.45) is 0.969. The van der Waals surface area contributed by atoms with Crippen molar-refractivity contribution in [2.75, 3.05) is 0 Å². The van der Waals surface area contributed by atoms with Crippen LogP contribution in [0.1, 0.15) is 46.1 Å². The highest BCUT2D eigenvalue weighted by Gasteiger charge is 2.29. The number of carboxylic acid groups (broad SMARTS) is 1. The van der Waals surface area contributed by atoms with Crippen LogP contribution in [-0.4, -0.2) is 22.5 Å². The number of carboxylic acids is 1. The van der Waals surface area contributed by atoms with Gasteiger partial charge in [0.2, 0.25) is 5.91 Å². The summed E-state index contributed by atoms with van der Waals surface area (Å²) in [5, 5.41) is 11.5. The van der Waals surface area contributed by atoms with Gasteiger partial charge < -0.3 is 10.4 Å². The summed E-state index contributed by atoms with van der Waals surface area (Å²) in [5.74, 6) is -1.27. The van der Waals surface area contributed by atoms with E-state index in [1.165, 1.54) is 19.4 Å². The molecule has 0 saturated heterocycles. The van der Waals surface area contributed by atoms with Crippen LogP contribution in [-0.2, 0) is 15.0 Å². The highest BCUT2D eigenvalue weighted by molar-refractivity contribution is 5.86. The summed E-state index contributed by atoms with van der Waals surface area (Å²) < 4.78 is 0. The Hall–Kier alpha value is -1.84. The number of hydrogen-bond acceptors (Lipinski definition) is 2. The van der Waals surface area contributed by atoms with Gasteiger partial charge in [-0.25, -0.2) is 4.79 Å². The molecule has 110 valence electrons. The van der Waals surface area contributed by atoms with Crippen molar-refractivity contribution in [1.82, 2.24) is 5.32 Å². The minimum absolute atomic E-state index is 0.119. The smallest absolute Gasteiger partial charge is 0.328 e. The van der Waals surface area contributed by atoms with Crippen LogP contribution in [0.25, 0.3) is 0 Å². The standard InChI is InChI=1S/C16H23NO3/c1-15(2,12-8-6-5-7-9-12)11-10-13(18)17-16(3,4)14(19)20/h5-9H,10-11H2,1-4H3,(H,17,18)(H,19,20). The van der Waals surface area contributed by atoms with Gasteiger partial charge in [-0.3, -0.25) is 4.79 Å². The summed E-state index contributed by atoms with van der Waals surface area (Å²) in [5.41, 5.74) is -0.176. The van der Waals surface area contributed by atoms with E-state index in [4.69, 9.17) is 5.11 Å². The lowest BCUT2D eigenvalue weighted by Gasteiger charge is -2.26. The zero-order valence-electron chi connectivity index (χ0n) is 12.6. The van der Waals surface area contributed by atoms with Crippen molar-refractivity contribution in [3.05, 3.63) is 35.9 Å². The number of hydrogen-bond donors (Lipinski definition) is 2. The molecule has 0 aliphatic heterocycles. The maximum atomic E-state index is 11.9. The Bertz CT molecular complexity index is 478. The van der Waals surface area contributed by atoms with Crippen LogP contribution >= 0.6 is 0 Å². The second kappa shape index (κ2) is 6.07. The lowest BCUT2D eigenvalue weighted by atomic mass is 9.80. The van der Waals surface area contributed by atoms with Crippen LogP contribution in [0.2, 0.25) is 0 Å². The van der Waals surface area contributed by atoms with Crippen LogP contribution in [0, 0.1) is 0 Å². The van der Waals surface area contributed by atoms with Gasteiger partial charge in [0.05, 0.1) is 0 Å². The van der Waals surface area contributed by atoms with Gasteiger partial charge in [-0.1, -0.05) is 44.2 Å². The molecule has 0 saturated carbocycles. The number of carbonyl (C=O) groups excluding carboxylic acids is 1. The van der Waals surface area contributed by atoms with Crippen LogP contribution in [0.15, 0.2) is 30.3 Å². The zero-order chi connectivity index (χ0) is 15.4. The molecule has 1 rings (SSSR count). The lowest BCUT2D eigenvalue weighted by molar-refractivity contribution is -0.146. The van der Waals surface area contributed by atoms with Crippen molar-refractivity contribution in [2.24, 2.45) is 0 Å². The molecule has 20 heavy (non-hydrogen) atoms. The molecule has 0 aliphatic carbocycles. The monoisotopic (exact) mass is 277 g/mol. The summed E-state index contributed by atoms with van der Waals surface area (Å²) in [4.78, 5) is 22.8. The normalized spacial score (nSPS) is 12.0. The molecule has 0 bridgehead atoms. The number of amides is 1. The summed E-state index contributed by atoms with van der Waals surface area (Å²) in [6.45, 7) is 7.13. The zero-order valence-corrected chi connectivity index (χ0v) is 12.6. The Morgan fingerprint density at radius 3 is 2.15 bits per heavy atom. The number of aliphatic carboxylic acids is 1. The molecule has 1 amide bonds. The number of benzene rings is 1. The number of carbonyl (C=O) groups is 2. The predicted octanol–water partition coefficient (Wildman–Crippen LogP) is 2.72. The van der Waals surface area contributed by atoms with Gasteiger partial charge in [-0.05, 0) is 31.2 Å². The van der Waals surface area contributed by atoms with Gasteiger partial charge in [0.1, 0.15) is 5.54 Å². The Kier molecular flexibility index (Phi) is 4.93. The lowest BCUT2D eigenvalue weighted by Crippen LogP contribution is -2.49. The fourth-order valence-corrected chi connectivity index (χ4v) is 1.92. The molecule has 2 N–H and O–H groups in total. The van der Waals surface area contributed by atoms with Crippen molar-refractivity contribution in [1.29, 1.82) is 0 Å². The van der Waals surface area contributed by atoms with E-state index in [2.05, 4.69) is 19.2 Å². The quantitative estimate of drug-likeness (QED) is 0.840. The molecule has 0 radical (unpaired) electrons. The molecule has 1 aromatic rings. The SMILES string of the molecule is CC(C)(NC(=O)CCC(C)(C)c1ccccc1)C(=O)O. The molecule has 0 spiro atoms. The van der Waals surface area contributed by atoms with Gasteiger partial charge in [-0.15, -0.1) is 0 Å². The Labute approximate surface area is 120 Å². The molecule has 0 unspecified atom stereocenters. The molecular weight excluding hydrogens is 254 g/mol. The first kappa shape index (κ1) is 16.2. The maximum Gasteiger partial charge on any atom is 0.328 e. The second-order valence-corrected chi connectivity index (χ2v) is 6.23. The van der Waals surface area contributed by atoms with E-state index >= 15 is 0 Å². The molecule has 0 aromatic heterocycles. The topological polar surface area (TPSA) is 66.4 Å². The van der Waals surface area contributed by atoms with Gasteiger partial charge in [0.15, 0.2) is 0 Å². The van der Waals surface area contributed by atoms with Gasteiger partial charge in [-0.2, -0.15) is 0 Å². The molecular formula is C16H23NO3. The maximum absolute atomic E-state index is 11.9. The average Bonchev–Trinajstić information content (AvgIpc) is 2.37. The summed E-state index contributed by atoms with van der Waals surface area (Å²) in [7, 11) is 0. The minimum Gasteiger partial charge on any atom is -0.480 e. The molecule has 4 heteroatoms. The first-order chi connectivity index (χ1) is 9.15. The molecule has 0 atom stereocenters. The van der Waals surface area contributed by atoms with Crippen molar-refractivity contribution in [2.45, 2.75) is 51.5 Å². The highest BCUT2D eigenvalue weighted by Crippen LogP contribution is 2.28. The van der Waals surface area contributed by atoms with E-state index in [0.29, 0.717) is 12.8 Å². The Balaban J connectivity index is 2.59. The fraction of sp³-hybridized carbons (Fsp3) is 0.500. The first-order valence-electron chi connectivity index (χ1n) is 6.75. The van der Waals surface area contributed by atoms with Gasteiger partial charge in [0.25, 0.3) is 0 Å². The van der Waals surface area contributed by atoms with Crippen LogP contribution in [0.4, 0.5) is 0 Å². The van der Waals surface area contributed by atoms with Crippen molar-refractivity contribution < 1.29 is 14.7 Å². The highest BCUT2D eigenvalue weighted by atomic mass is 16.4. The third-order valence-electron chi connectivity index (χ3n) is 3.52.